The summed E-state index contributed by atoms with van der Waals surface area (Å²) >= 11 is 2.35. The van der Waals surface area contributed by atoms with Gasteiger partial charge in [-0.05, 0) is 35.7 Å². The lowest BCUT2D eigenvalue weighted by atomic mass is 10.2. The summed E-state index contributed by atoms with van der Waals surface area (Å²) in [6.07, 6.45) is 2.05. The highest BCUT2D eigenvalue weighted by Crippen LogP contribution is 2.16. The largest absolute Gasteiger partial charge is 0.250 e. The van der Waals surface area contributed by atoms with Gasteiger partial charge in [-0.2, -0.15) is 0 Å². The van der Waals surface area contributed by atoms with E-state index in [0.717, 1.165) is 6.42 Å². The van der Waals surface area contributed by atoms with Crippen LogP contribution in [0.1, 0.15) is 19.3 Å². The molecule has 10 heteroatoms. The molecule has 0 amide bonds. The minimum absolute atomic E-state index is 0.307. The molecule has 2 heterocycles. The van der Waals surface area contributed by atoms with Gasteiger partial charge >= 0.3 is 0 Å². The topological polar surface area (TPSA) is 92.3 Å². The van der Waals surface area contributed by atoms with Crippen LogP contribution in [0.3, 0.4) is 0 Å². The van der Waals surface area contributed by atoms with Gasteiger partial charge in [-0.15, -0.1) is 22.7 Å². The first-order chi connectivity index (χ1) is 10.9. The number of nitrogens with one attached hydrogen (secondary N) is 2. The van der Waals surface area contributed by atoms with E-state index in [1.54, 1.807) is 35.0 Å². The number of sulfonamides is 2. The van der Waals surface area contributed by atoms with Gasteiger partial charge in [-0.3, -0.25) is 0 Å². The van der Waals surface area contributed by atoms with Crippen molar-refractivity contribution in [1.82, 2.24) is 9.44 Å². The van der Waals surface area contributed by atoms with E-state index in [4.69, 9.17) is 0 Å². The van der Waals surface area contributed by atoms with Gasteiger partial charge in [0.15, 0.2) is 0 Å². The second kappa shape index (κ2) is 8.36. The highest BCUT2D eigenvalue weighted by molar-refractivity contribution is 7.91. The van der Waals surface area contributed by atoms with Crippen molar-refractivity contribution < 1.29 is 16.8 Å². The van der Waals surface area contributed by atoms with Gasteiger partial charge in [-0.1, -0.05) is 18.6 Å². The fraction of sp³-hybridized carbons (Fsp3) is 0.385. The second-order valence-electron chi connectivity index (χ2n) is 4.72. The van der Waals surface area contributed by atoms with E-state index in [1.807, 2.05) is 0 Å². The molecule has 128 valence electrons. The molecule has 2 aromatic heterocycles. The Kier molecular flexibility index (Phi) is 6.74. The van der Waals surface area contributed by atoms with E-state index in [1.165, 1.54) is 22.7 Å². The van der Waals surface area contributed by atoms with Crippen molar-refractivity contribution in [2.24, 2.45) is 0 Å². The molecule has 2 aromatic rings. The molecule has 0 spiro atoms. The molecule has 0 unspecified atom stereocenters. The minimum atomic E-state index is -3.40. The van der Waals surface area contributed by atoms with Gasteiger partial charge in [0.25, 0.3) is 0 Å². The average molecular weight is 395 g/mol. The number of rotatable bonds is 10. The van der Waals surface area contributed by atoms with Crippen molar-refractivity contribution in [3.8, 4) is 0 Å². The maximum Gasteiger partial charge on any atom is 0.250 e. The summed E-state index contributed by atoms with van der Waals surface area (Å²) in [5, 5.41) is 3.43. The highest BCUT2D eigenvalue weighted by atomic mass is 32.3. The quantitative estimate of drug-likeness (QED) is 0.605. The van der Waals surface area contributed by atoms with Gasteiger partial charge in [-0.25, -0.2) is 26.3 Å². The van der Waals surface area contributed by atoms with Gasteiger partial charge in [0.1, 0.15) is 8.42 Å². The second-order valence-corrected chi connectivity index (χ2v) is 10.6. The van der Waals surface area contributed by atoms with Crippen LogP contribution in [0.4, 0.5) is 0 Å². The van der Waals surface area contributed by atoms with Crippen LogP contribution in [0, 0.1) is 0 Å². The Bertz CT molecular complexity index is 713. The van der Waals surface area contributed by atoms with Crippen molar-refractivity contribution in [2.45, 2.75) is 27.7 Å². The zero-order chi connectivity index (χ0) is 16.8. The lowest BCUT2D eigenvalue weighted by Gasteiger charge is -2.06. The predicted octanol–water partition coefficient (Wildman–Crippen LogP) is 2.24. The van der Waals surface area contributed by atoms with Crippen molar-refractivity contribution in [2.75, 3.05) is 13.1 Å². The van der Waals surface area contributed by atoms with Crippen LogP contribution in [-0.4, -0.2) is 29.9 Å². The minimum Gasteiger partial charge on any atom is -0.210 e. The maximum absolute atomic E-state index is 11.9. The normalized spacial score (nSPS) is 12.5. The molecule has 0 bridgehead atoms. The van der Waals surface area contributed by atoms with Crippen molar-refractivity contribution in [3.63, 3.8) is 0 Å². The molecule has 0 aliphatic heterocycles. The molecule has 0 fully saturated rings. The number of thiophene rings is 2. The van der Waals surface area contributed by atoms with Gasteiger partial charge < -0.3 is 0 Å². The smallest absolute Gasteiger partial charge is 0.210 e. The lowest BCUT2D eigenvalue weighted by molar-refractivity contribution is 0.570. The van der Waals surface area contributed by atoms with E-state index >= 15 is 0 Å². The fourth-order valence-electron chi connectivity index (χ4n) is 1.81. The SMILES string of the molecule is O=S(=O)(NCCCCCNS(=O)(=O)c1cccs1)c1cccs1. The highest BCUT2D eigenvalue weighted by Gasteiger charge is 2.15. The van der Waals surface area contributed by atoms with Crippen LogP contribution < -0.4 is 9.44 Å². The van der Waals surface area contributed by atoms with Crippen molar-refractivity contribution in [1.29, 1.82) is 0 Å². The Morgan fingerprint density at radius 3 is 1.52 bits per heavy atom. The molecule has 0 saturated heterocycles. The molecule has 0 saturated carbocycles. The first kappa shape index (κ1) is 18.6. The molecule has 0 aliphatic carbocycles. The van der Waals surface area contributed by atoms with Crippen LogP contribution in [0.25, 0.3) is 0 Å². The van der Waals surface area contributed by atoms with Crippen molar-refractivity contribution in [3.05, 3.63) is 35.0 Å². The van der Waals surface area contributed by atoms with Crippen LogP contribution in [-0.2, 0) is 20.0 Å². The third-order valence-electron chi connectivity index (χ3n) is 2.96. The zero-order valence-corrected chi connectivity index (χ0v) is 15.5. The fourth-order valence-corrected chi connectivity index (χ4v) is 6.04. The summed E-state index contributed by atoms with van der Waals surface area (Å²) in [4.78, 5) is 0. The third kappa shape index (κ3) is 5.66. The average Bonchev–Trinajstić information content (AvgIpc) is 3.19. The van der Waals surface area contributed by atoms with Crippen LogP contribution in [0.15, 0.2) is 43.4 Å². The Morgan fingerprint density at radius 2 is 1.17 bits per heavy atom. The first-order valence-corrected chi connectivity index (χ1v) is 11.7. The summed E-state index contributed by atoms with van der Waals surface area (Å²) in [6, 6.07) is 6.51. The molecule has 0 atom stereocenters. The van der Waals surface area contributed by atoms with Gasteiger partial charge in [0.05, 0.1) is 0 Å². The Morgan fingerprint density at radius 1 is 0.739 bits per heavy atom. The third-order valence-corrected chi connectivity index (χ3v) is 8.67. The summed E-state index contributed by atoms with van der Waals surface area (Å²) in [6.45, 7) is 0.690. The zero-order valence-electron chi connectivity index (χ0n) is 12.3. The molecule has 0 radical (unpaired) electrons. The Hall–Kier alpha value is -0.780. The monoisotopic (exact) mass is 394 g/mol. The van der Waals surface area contributed by atoms with Gasteiger partial charge in [0.2, 0.25) is 20.0 Å². The maximum atomic E-state index is 11.9. The van der Waals surface area contributed by atoms with Crippen LogP contribution in [0.2, 0.25) is 0 Å². The molecule has 2 rings (SSSR count). The predicted molar refractivity (Wildman–Crippen MR) is 92.9 cm³/mol. The molecule has 0 aromatic carbocycles. The molecule has 6 nitrogen and oxygen atoms in total. The lowest BCUT2D eigenvalue weighted by Crippen LogP contribution is -2.25. The number of hydrogen-bond acceptors (Lipinski definition) is 6. The molecule has 0 aliphatic rings. The first-order valence-electron chi connectivity index (χ1n) is 6.98. The van der Waals surface area contributed by atoms with E-state index in [9.17, 15) is 16.8 Å². The molecular weight excluding hydrogens is 376 g/mol. The van der Waals surface area contributed by atoms with Gasteiger partial charge in [0, 0.05) is 13.1 Å². The van der Waals surface area contributed by atoms with E-state index in [-0.39, 0.29) is 0 Å². The van der Waals surface area contributed by atoms with Crippen LogP contribution in [0.5, 0.6) is 0 Å². The van der Waals surface area contributed by atoms with E-state index in [2.05, 4.69) is 9.44 Å². The number of unbranched alkanes of at least 4 members (excludes halogenated alkanes) is 2. The van der Waals surface area contributed by atoms with E-state index < -0.39 is 20.0 Å². The summed E-state index contributed by atoms with van der Waals surface area (Å²) in [5.74, 6) is 0. The molecule has 23 heavy (non-hydrogen) atoms. The Labute approximate surface area is 144 Å². The van der Waals surface area contributed by atoms with Crippen molar-refractivity contribution >= 4 is 42.7 Å². The number of hydrogen-bond donors (Lipinski definition) is 2. The standard InChI is InChI=1S/C13H18N2O4S4/c16-22(17,12-6-4-10-20-12)14-8-2-1-3-9-15-23(18,19)13-7-5-11-21-13/h4-7,10-11,14-15H,1-3,8-9H2. The molecular formula is C13H18N2O4S4. The Balaban J connectivity index is 1.62. The molecule has 2 N–H and O–H groups in total. The van der Waals surface area contributed by atoms with E-state index in [0.29, 0.717) is 34.3 Å². The summed E-state index contributed by atoms with van der Waals surface area (Å²) in [7, 11) is -6.81. The summed E-state index contributed by atoms with van der Waals surface area (Å²) in [5.41, 5.74) is 0. The van der Waals surface area contributed by atoms with Crippen LogP contribution >= 0.6 is 22.7 Å². The summed E-state index contributed by atoms with van der Waals surface area (Å²) < 4.78 is 53.1.